The molecule has 0 amide bonds. The first-order chi connectivity index (χ1) is 11.8. The quantitative estimate of drug-likeness (QED) is 0.723. The second-order valence-electron chi connectivity index (χ2n) is 5.77. The highest BCUT2D eigenvalue weighted by atomic mass is 16.5. The Hall–Kier alpha value is -2.86. The van der Waals surface area contributed by atoms with Gasteiger partial charge in [-0.05, 0) is 24.3 Å². The number of pyridine rings is 1. The zero-order valence-electron chi connectivity index (χ0n) is 13.2. The average Bonchev–Trinajstić information content (AvgIpc) is 3.10. The van der Waals surface area contributed by atoms with Crippen molar-refractivity contribution in [2.75, 3.05) is 31.1 Å². The van der Waals surface area contributed by atoms with E-state index in [2.05, 4.69) is 20.2 Å². The number of nitrogens with one attached hydrogen (secondary N) is 2. The number of aromatic amines is 1. The maximum Gasteiger partial charge on any atom is 0.153 e. The highest BCUT2D eigenvalue weighted by molar-refractivity contribution is 5.81. The molecular weight excluding hydrogens is 304 g/mol. The molecule has 122 valence electrons. The Morgan fingerprint density at radius 1 is 1.17 bits per heavy atom. The number of piperazine rings is 1. The minimum Gasteiger partial charge on any atom is -0.455 e. The van der Waals surface area contributed by atoms with Gasteiger partial charge in [-0.25, -0.2) is 4.98 Å². The van der Waals surface area contributed by atoms with Crippen molar-refractivity contribution >= 4 is 23.0 Å². The molecule has 1 aliphatic rings. The summed E-state index contributed by atoms with van der Waals surface area (Å²) in [6, 6.07) is 9.55. The normalized spacial score (nSPS) is 14.8. The van der Waals surface area contributed by atoms with Crippen LogP contribution in [0.3, 0.4) is 0 Å². The fraction of sp³-hybridized carbons (Fsp3) is 0.222. The Kier molecular flexibility index (Phi) is 3.88. The van der Waals surface area contributed by atoms with Crippen molar-refractivity contribution in [2.24, 2.45) is 0 Å². The summed E-state index contributed by atoms with van der Waals surface area (Å²) in [5, 5.41) is 4.31. The van der Waals surface area contributed by atoms with Crippen molar-refractivity contribution < 1.29 is 9.53 Å². The first kappa shape index (κ1) is 14.7. The Morgan fingerprint density at radius 2 is 2.04 bits per heavy atom. The number of aromatic nitrogens is 2. The standard InChI is InChI=1S/C18H18N4O2/c23-12-14-1-2-15(22-7-5-19-6-8-22)10-17(14)24-16-9-13-3-4-20-18(13)21-11-16/h1-4,9-12,19H,5-8H2,(H,20,21). The van der Waals surface area contributed by atoms with E-state index in [1.54, 1.807) is 6.20 Å². The molecule has 24 heavy (non-hydrogen) atoms. The van der Waals surface area contributed by atoms with Crippen molar-refractivity contribution in [1.29, 1.82) is 0 Å². The lowest BCUT2D eigenvalue weighted by Crippen LogP contribution is -2.43. The summed E-state index contributed by atoms with van der Waals surface area (Å²) in [4.78, 5) is 21.0. The van der Waals surface area contributed by atoms with Crippen LogP contribution < -0.4 is 15.0 Å². The SMILES string of the molecule is O=Cc1ccc(N2CCNCC2)cc1Oc1cnc2[nH]ccc2c1. The second-order valence-corrected chi connectivity index (χ2v) is 5.77. The van der Waals surface area contributed by atoms with Crippen LogP contribution >= 0.6 is 0 Å². The maximum atomic E-state index is 11.4. The number of hydrogen-bond acceptors (Lipinski definition) is 5. The van der Waals surface area contributed by atoms with Crippen molar-refractivity contribution in [1.82, 2.24) is 15.3 Å². The summed E-state index contributed by atoms with van der Waals surface area (Å²) in [6.45, 7) is 3.80. The van der Waals surface area contributed by atoms with Crippen molar-refractivity contribution in [3.8, 4) is 11.5 Å². The van der Waals surface area contributed by atoms with Crippen LogP contribution in [0, 0.1) is 0 Å². The van der Waals surface area contributed by atoms with Gasteiger partial charge in [0.25, 0.3) is 0 Å². The molecule has 3 heterocycles. The van der Waals surface area contributed by atoms with Gasteiger partial charge in [0.1, 0.15) is 17.1 Å². The van der Waals surface area contributed by atoms with Gasteiger partial charge < -0.3 is 19.9 Å². The van der Waals surface area contributed by atoms with E-state index in [4.69, 9.17) is 4.74 Å². The molecule has 1 fully saturated rings. The molecule has 4 rings (SSSR count). The van der Waals surface area contributed by atoms with Crippen LogP contribution in [-0.2, 0) is 0 Å². The van der Waals surface area contributed by atoms with Gasteiger partial charge in [-0.3, -0.25) is 4.79 Å². The number of benzene rings is 1. The number of anilines is 1. The molecular formula is C18H18N4O2. The summed E-state index contributed by atoms with van der Waals surface area (Å²) in [6.07, 6.45) is 4.31. The summed E-state index contributed by atoms with van der Waals surface area (Å²) < 4.78 is 5.96. The van der Waals surface area contributed by atoms with E-state index in [1.807, 2.05) is 36.5 Å². The fourth-order valence-electron chi connectivity index (χ4n) is 2.93. The minimum atomic E-state index is 0.531. The van der Waals surface area contributed by atoms with E-state index in [0.717, 1.165) is 49.2 Å². The van der Waals surface area contributed by atoms with Crippen molar-refractivity contribution in [2.45, 2.75) is 0 Å². The number of fused-ring (bicyclic) bond motifs is 1. The number of carbonyl (C=O) groups excluding carboxylic acids is 1. The Labute approximate surface area is 139 Å². The number of nitrogens with zero attached hydrogens (tertiary/aromatic N) is 2. The molecule has 0 unspecified atom stereocenters. The zero-order valence-corrected chi connectivity index (χ0v) is 13.2. The lowest BCUT2D eigenvalue weighted by atomic mass is 10.1. The average molecular weight is 322 g/mol. The number of H-pyrrole nitrogens is 1. The Balaban J connectivity index is 1.65. The maximum absolute atomic E-state index is 11.4. The number of carbonyl (C=O) groups is 1. The van der Waals surface area contributed by atoms with Crippen LogP contribution in [0.1, 0.15) is 10.4 Å². The molecule has 0 bridgehead atoms. The molecule has 6 heteroatoms. The monoisotopic (exact) mass is 322 g/mol. The third kappa shape index (κ3) is 2.83. The van der Waals surface area contributed by atoms with Crippen LogP contribution in [0.4, 0.5) is 5.69 Å². The van der Waals surface area contributed by atoms with Crippen molar-refractivity contribution in [3.63, 3.8) is 0 Å². The molecule has 6 nitrogen and oxygen atoms in total. The predicted molar refractivity (Wildman–Crippen MR) is 93.1 cm³/mol. The van der Waals surface area contributed by atoms with Gasteiger partial charge in [0, 0.05) is 49.5 Å². The zero-order chi connectivity index (χ0) is 16.4. The molecule has 2 N–H and O–H groups in total. The van der Waals surface area contributed by atoms with Gasteiger partial charge in [0.05, 0.1) is 11.8 Å². The molecule has 3 aromatic rings. The smallest absolute Gasteiger partial charge is 0.153 e. The molecule has 2 aromatic heterocycles. The van der Waals surface area contributed by atoms with Crippen LogP contribution in [0.25, 0.3) is 11.0 Å². The van der Waals surface area contributed by atoms with E-state index >= 15 is 0 Å². The fourth-order valence-corrected chi connectivity index (χ4v) is 2.93. The molecule has 0 radical (unpaired) electrons. The van der Waals surface area contributed by atoms with Gasteiger partial charge in [-0.15, -0.1) is 0 Å². The lowest BCUT2D eigenvalue weighted by molar-refractivity contribution is 0.112. The van der Waals surface area contributed by atoms with Gasteiger partial charge >= 0.3 is 0 Å². The predicted octanol–water partition coefficient (Wildman–Crippen LogP) is 2.58. The van der Waals surface area contributed by atoms with Gasteiger partial charge in [0.15, 0.2) is 6.29 Å². The molecule has 1 saturated heterocycles. The highest BCUT2D eigenvalue weighted by Crippen LogP contribution is 2.30. The summed E-state index contributed by atoms with van der Waals surface area (Å²) in [7, 11) is 0. The largest absolute Gasteiger partial charge is 0.455 e. The third-order valence-electron chi connectivity index (χ3n) is 4.21. The van der Waals surface area contributed by atoms with Crippen LogP contribution in [0.5, 0.6) is 11.5 Å². The number of hydrogen-bond donors (Lipinski definition) is 2. The summed E-state index contributed by atoms with van der Waals surface area (Å²) in [5.74, 6) is 1.17. The minimum absolute atomic E-state index is 0.531. The summed E-state index contributed by atoms with van der Waals surface area (Å²) >= 11 is 0. The second kappa shape index (κ2) is 6.33. The number of ether oxygens (including phenoxy) is 1. The van der Waals surface area contributed by atoms with E-state index in [0.29, 0.717) is 17.1 Å². The molecule has 0 aliphatic carbocycles. The van der Waals surface area contributed by atoms with E-state index in [1.165, 1.54) is 0 Å². The van der Waals surface area contributed by atoms with E-state index in [9.17, 15) is 4.79 Å². The topological polar surface area (TPSA) is 70.2 Å². The Bertz CT molecular complexity index is 868. The number of aldehydes is 1. The molecule has 0 spiro atoms. The molecule has 1 aromatic carbocycles. The third-order valence-corrected chi connectivity index (χ3v) is 4.21. The van der Waals surface area contributed by atoms with Crippen LogP contribution in [-0.4, -0.2) is 42.4 Å². The first-order valence-electron chi connectivity index (χ1n) is 7.99. The molecule has 1 aliphatic heterocycles. The first-order valence-corrected chi connectivity index (χ1v) is 7.99. The van der Waals surface area contributed by atoms with Crippen LogP contribution in [0.2, 0.25) is 0 Å². The molecule has 0 atom stereocenters. The summed E-state index contributed by atoms with van der Waals surface area (Å²) in [5.41, 5.74) is 2.41. The number of rotatable bonds is 4. The van der Waals surface area contributed by atoms with E-state index in [-0.39, 0.29) is 0 Å². The molecule has 0 saturated carbocycles. The van der Waals surface area contributed by atoms with Gasteiger partial charge in [-0.1, -0.05) is 0 Å². The Morgan fingerprint density at radius 3 is 2.88 bits per heavy atom. The van der Waals surface area contributed by atoms with Crippen molar-refractivity contribution in [3.05, 3.63) is 48.3 Å². The van der Waals surface area contributed by atoms with E-state index < -0.39 is 0 Å². The highest BCUT2D eigenvalue weighted by Gasteiger charge is 2.14. The van der Waals surface area contributed by atoms with Gasteiger partial charge in [0.2, 0.25) is 0 Å². The lowest BCUT2D eigenvalue weighted by Gasteiger charge is -2.29. The van der Waals surface area contributed by atoms with Gasteiger partial charge in [-0.2, -0.15) is 0 Å². The van der Waals surface area contributed by atoms with Crippen LogP contribution in [0.15, 0.2) is 42.7 Å².